The molecule has 4 rings (SSSR count). The molecule has 1 amide bonds. The van der Waals surface area contributed by atoms with Crippen LogP contribution in [-0.2, 0) is 17.6 Å². The Morgan fingerprint density at radius 2 is 1.85 bits per heavy atom. The Labute approximate surface area is 158 Å². The summed E-state index contributed by atoms with van der Waals surface area (Å²) < 4.78 is 5.43. The van der Waals surface area contributed by atoms with Gasteiger partial charge in [-0.15, -0.1) is 0 Å². The number of hydrogen-bond donors (Lipinski definition) is 1. The number of morpholine rings is 1. The molecule has 0 radical (unpaired) electrons. The molecule has 7 nitrogen and oxygen atoms in total. The molecule has 7 heteroatoms. The molecule has 142 valence electrons. The molecule has 2 aliphatic rings. The molecule has 0 unspecified atom stereocenters. The summed E-state index contributed by atoms with van der Waals surface area (Å²) in [5.41, 5.74) is 3.11. The van der Waals surface area contributed by atoms with Gasteiger partial charge in [-0.2, -0.15) is 0 Å². The van der Waals surface area contributed by atoms with E-state index in [1.165, 1.54) is 0 Å². The Morgan fingerprint density at radius 3 is 2.67 bits per heavy atom. The highest BCUT2D eigenvalue weighted by Gasteiger charge is 2.25. The average Bonchev–Trinajstić information content (AvgIpc) is 2.91. The maximum absolute atomic E-state index is 13.3. The highest BCUT2D eigenvalue weighted by Crippen LogP contribution is 2.24. The number of rotatable bonds is 2. The van der Waals surface area contributed by atoms with Crippen molar-refractivity contribution >= 4 is 11.6 Å². The van der Waals surface area contributed by atoms with Crippen molar-refractivity contribution in [2.24, 2.45) is 0 Å². The van der Waals surface area contributed by atoms with E-state index < -0.39 is 0 Å². The van der Waals surface area contributed by atoms with Gasteiger partial charge in [-0.25, -0.2) is 4.98 Å². The summed E-state index contributed by atoms with van der Waals surface area (Å²) in [6.45, 7) is 5.80. The van der Waals surface area contributed by atoms with Gasteiger partial charge >= 0.3 is 0 Å². The molecule has 0 bridgehead atoms. The molecule has 0 saturated carbocycles. The standard InChI is InChI=1S/C20H24N4O3/c1-14-21-17-7-9-24(8-6-15(17)19(25)22-14)20(26)16-4-2-3-5-18(16)23-10-12-27-13-11-23/h2-5H,6-13H2,1H3,(H,21,22,25). The monoisotopic (exact) mass is 368 g/mol. The minimum Gasteiger partial charge on any atom is -0.378 e. The number of aryl methyl sites for hydroxylation is 1. The zero-order chi connectivity index (χ0) is 18.8. The van der Waals surface area contributed by atoms with Gasteiger partial charge in [0.2, 0.25) is 0 Å². The number of carbonyl (C=O) groups is 1. The van der Waals surface area contributed by atoms with Crippen molar-refractivity contribution in [3.63, 3.8) is 0 Å². The minimum atomic E-state index is -0.0829. The maximum Gasteiger partial charge on any atom is 0.255 e. The normalized spacial score (nSPS) is 17.4. The molecular weight excluding hydrogens is 344 g/mol. The highest BCUT2D eigenvalue weighted by molar-refractivity contribution is 6.00. The van der Waals surface area contributed by atoms with Gasteiger partial charge in [0.05, 0.1) is 24.5 Å². The first kappa shape index (κ1) is 17.7. The minimum absolute atomic E-state index is 0.0121. The smallest absolute Gasteiger partial charge is 0.255 e. The summed E-state index contributed by atoms with van der Waals surface area (Å²) in [5, 5.41) is 0. The molecule has 27 heavy (non-hydrogen) atoms. The number of benzene rings is 1. The Hall–Kier alpha value is -2.67. The van der Waals surface area contributed by atoms with Gasteiger partial charge in [0.25, 0.3) is 11.5 Å². The van der Waals surface area contributed by atoms with Crippen molar-refractivity contribution in [1.82, 2.24) is 14.9 Å². The SMILES string of the molecule is Cc1nc2c(c(=O)[nH]1)CCN(C(=O)c1ccccc1N1CCOCC1)CC2. The summed E-state index contributed by atoms with van der Waals surface area (Å²) in [6, 6.07) is 7.76. The maximum atomic E-state index is 13.3. The van der Waals surface area contributed by atoms with Gasteiger partial charge in [0, 0.05) is 43.9 Å². The van der Waals surface area contributed by atoms with Crippen LogP contribution in [0.4, 0.5) is 5.69 Å². The molecule has 3 heterocycles. The second-order valence-electron chi connectivity index (χ2n) is 6.99. The Bertz CT molecular complexity index is 902. The number of fused-ring (bicyclic) bond motifs is 1. The molecule has 2 aliphatic heterocycles. The number of nitrogens with one attached hydrogen (secondary N) is 1. The number of aromatic nitrogens is 2. The lowest BCUT2D eigenvalue weighted by Crippen LogP contribution is -2.39. The lowest BCUT2D eigenvalue weighted by Gasteiger charge is -2.31. The van der Waals surface area contributed by atoms with Crippen molar-refractivity contribution < 1.29 is 9.53 Å². The number of aromatic amines is 1. The van der Waals surface area contributed by atoms with Gasteiger partial charge in [-0.3, -0.25) is 9.59 Å². The molecule has 1 aromatic heterocycles. The van der Waals surface area contributed by atoms with Crippen LogP contribution < -0.4 is 10.5 Å². The number of anilines is 1. The molecule has 1 fully saturated rings. The summed E-state index contributed by atoms with van der Waals surface area (Å²) in [7, 11) is 0. The fourth-order valence-corrected chi connectivity index (χ4v) is 3.84. The average molecular weight is 368 g/mol. The molecule has 0 spiro atoms. The summed E-state index contributed by atoms with van der Waals surface area (Å²) in [4.78, 5) is 36.8. The number of nitrogens with zero attached hydrogens (tertiary/aromatic N) is 3. The first-order valence-corrected chi connectivity index (χ1v) is 9.43. The predicted molar refractivity (Wildman–Crippen MR) is 102 cm³/mol. The molecule has 0 atom stereocenters. The highest BCUT2D eigenvalue weighted by atomic mass is 16.5. The van der Waals surface area contributed by atoms with E-state index >= 15 is 0 Å². The molecule has 2 aromatic rings. The van der Waals surface area contributed by atoms with Crippen LogP contribution in [-0.4, -0.2) is 60.2 Å². The van der Waals surface area contributed by atoms with Crippen LogP contribution in [0.2, 0.25) is 0 Å². The van der Waals surface area contributed by atoms with Crippen molar-refractivity contribution in [2.75, 3.05) is 44.3 Å². The van der Waals surface area contributed by atoms with Crippen molar-refractivity contribution in [3.8, 4) is 0 Å². The van der Waals surface area contributed by atoms with Crippen LogP contribution in [0.3, 0.4) is 0 Å². The van der Waals surface area contributed by atoms with Crippen LogP contribution in [0.5, 0.6) is 0 Å². The number of amides is 1. The lowest BCUT2D eigenvalue weighted by atomic mass is 10.1. The van der Waals surface area contributed by atoms with Crippen LogP contribution in [0, 0.1) is 6.92 Å². The first-order valence-electron chi connectivity index (χ1n) is 9.43. The predicted octanol–water partition coefficient (Wildman–Crippen LogP) is 1.16. The lowest BCUT2D eigenvalue weighted by molar-refractivity contribution is 0.0762. The third-order valence-electron chi connectivity index (χ3n) is 5.24. The number of para-hydroxylation sites is 1. The van der Waals surface area contributed by atoms with Crippen molar-refractivity contribution in [1.29, 1.82) is 0 Å². The van der Waals surface area contributed by atoms with Crippen molar-refractivity contribution in [2.45, 2.75) is 19.8 Å². The van der Waals surface area contributed by atoms with E-state index in [4.69, 9.17) is 4.74 Å². The van der Waals surface area contributed by atoms with E-state index in [1.807, 2.05) is 29.2 Å². The summed E-state index contributed by atoms with van der Waals surface area (Å²) >= 11 is 0. The quantitative estimate of drug-likeness (QED) is 0.861. The van der Waals surface area contributed by atoms with Gasteiger partial charge in [0.15, 0.2) is 0 Å². The Balaban J connectivity index is 1.58. The van der Waals surface area contributed by atoms with Gasteiger partial charge in [0.1, 0.15) is 5.82 Å². The topological polar surface area (TPSA) is 78.5 Å². The van der Waals surface area contributed by atoms with E-state index in [1.54, 1.807) is 6.92 Å². The zero-order valence-corrected chi connectivity index (χ0v) is 15.5. The third kappa shape index (κ3) is 3.60. The zero-order valence-electron chi connectivity index (χ0n) is 15.5. The van der Waals surface area contributed by atoms with Crippen LogP contribution in [0.1, 0.15) is 27.4 Å². The number of ether oxygens (including phenoxy) is 1. The van der Waals surface area contributed by atoms with E-state index in [2.05, 4.69) is 14.9 Å². The fraction of sp³-hybridized carbons (Fsp3) is 0.450. The summed E-state index contributed by atoms with van der Waals surface area (Å²) in [5.74, 6) is 0.634. The summed E-state index contributed by atoms with van der Waals surface area (Å²) in [6.07, 6.45) is 1.13. The third-order valence-corrected chi connectivity index (χ3v) is 5.24. The van der Waals surface area contributed by atoms with Crippen LogP contribution in [0.25, 0.3) is 0 Å². The van der Waals surface area contributed by atoms with E-state index in [-0.39, 0.29) is 11.5 Å². The second kappa shape index (κ2) is 7.52. The molecular formula is C20H24N4O3. The molecule has 0 aliphatic carbocycles. The first-order chi connectivity index (χ1) is 13.1. The van der Waals surface area contributed by atoms with E-state index in [9.17, 15) is 9.59 Å². The Morgan fingerprint density at radius 1 is 1.11 bits per heavy atom. The van der Waals surface area contributed by atoms with Gasteiger partial charge in [-0.1, -0.05) is 12.1 Å². The van der Waals surface area contributed by atoms with E-state index in [0.717, 1.165) is 24.5 Å². The number of carbonyl (C=O) groups excluding carboxylic acids is 1. The Kier molecular flexibility index (Phi) is 4.94. The largest absolute Gasteiger partial charge is 0.378 e. The second-order valence-corrected chi connectivity index (χ2v) is 6.99. The number of hydrogen-bond acceptors (Lipinski definition) is 5. The number of H-pyrrole nitrogens is 1. The van der Waals surface area contributed by atoms with E-state index in [0.29, 0.717) is 56.1 Å². The van der Waals surface area contributed by atoms with Crippen molar-refractivity contribution in [3.05, 3.63) is 57.3 Å². The molecule has 1 N–H and O–H groups in total. The fourth-order valence-electron chi connectivity index (χ4n) is 3.84. The van der Waals surface area contributed by atoms with Crippen LogP contribution in [0.15, 0.2) is 29.1 Å². The molecule has 1 saturated heterocycles. The van der Waals surface area contributed by atoms with Crippen LogP contribution >= 0.6 is 0 Å². The van der Waals surface area contributed by atoms with Gasteiger partial charge < -0.3 is 19.5 Å². The molecule has 1 aromatic carbocycles. The van der Waals surface area contributed by atoms with Gasteiger partial charge in [-0.05, 0) is 25.5 Å².